The summed E-state index contributed by atoms with van der Waals surface area (Å²) >= 11 is 0. The quantitative estimate of drug-likeness (QED) is 0.825. The van der Waals surface area contributed by atoms with Crippen molar-refractivity contribution in [1.29, 1.82) is 0 Å². The number of aliphatic carboxylic acids is 1. The highest BCUT2D eigenvalue weighted by Gasteiger charge is 2.06. The Balaban J connectivity index is 2.10. The van der Waals surface area contributed by atoms with Gasteiger partial charge in [-0.15, -0.1) is 0 Å². The number of nitrogens with zero attached hydrogens (tertiary/aromatic N) is 2. The summed E-state index contributed by atoms with van der Waals surface area (Å²) in [5, 5.41) is 8.63. The summed E-state index contributed by atoms with van der Waals surface area (Å²) < 4.78 is 10.9. The molecule has 0 spiro atoms. The fourth-order valence-electron chi connectivity index (χ4n) is 1.72. The predicted octanol–water partition coefficient (Wildman–Crippen LogP) is 2.47. The van der Waals surface area contributed by atoms with Crippen LogP contribution in [0.25, 0.3) is 6.08 Å². The first kappa shape index (κ1) is 15.5. The van der Waals surface area contributed by atoms with E-state index in [9.17, 15) is 4.79 Å². The molecule has 2 rings (SSSR count). The largest absolute Gasteiger partial charge is 0.493 e. The van der Waals surface area contributed by atoms with Crippen LogP contribution < -0.4 is 9.47 Å². The van der Waals surface area contributed by atoms with E-state index in [1.807, 2.05) is 6.92 Å². The van der Waals surface area contributed by atoms with Gasteiger partial charge in [0, 0.05) is 12.3 Å². The third-order valence-corrected chi connectivity index (χ3v) is 2.82. The van der Waals surface area contributed by atoms with Crippen molar-refractivity contribution in [3.05, 3.63) is 53.6 Å². The molecule has 0 radical (unpaired) electrons. The lowest BCUT2D eigenvalue weighted by molar-refractivity contribution is -0.131. The van der Waals surface area contributed by atoms with E-state index in [0.29, 0.717) is 22.8 Å². The average molecular weight is 300 g/mol. The molecule has 0 aliphatic carbocycles. The second-order valence-corrected chi connectivity index (χ2v) is 4.52. The Labute approximate surface area is 128 Å². The molecular formula is C16H16N2O4. The summed E-state index contributed by atoms with van der Waals surface area (Å²) in [5.74, 6) is 0.0715. The van der Waals surface area contributed by atoms with E-state index in [0.717, 1.165) is 11.8 Å². The Kier molecular flexibility index (Phi) is 5.08. The highest BCUT2D eigenvalue weighted by molar-refractivity contribution is 5.85. The van der Waals surface area contributed by atoms with Crippen molar-refractivity contribution in [3.63, 3.8) is 0 Å². The number of aromatic nitrogens is 2. The van der Waals surface area contributed by atoms with Gasteiger partial charge in [-0.3, -0.25) is 9.97 Å². The molecule has 0 fully saturated rings. The van der Waals surface area contributed by atoms with Gasteiger partial charge < -0.3 is 14.6 Å². The second-order valence-electron chi connectivity index (χ2n) is 4.52. The van der Waals surface area contributed by atoms with E-state index >= 15 is 0 Å². The lowest BCUT2D eigenvalue weighted by atomic mass is 10.2. The van der Waals surface area contributed by atoms with Crippen molar-refractivity contribution < 1.29 is 19.4 Å². The standard InChI is InChI=1S/C16H16N2O4/c1-11-8-18-13(9-17-11)10-22-14-5-3-12(4-6-16(19)20)7-15(14)21-2/h3-9H,10H2,1-2H3,(H,19,20)/b6-4+. The maximum absolute atomic E-state index is 10.5. The molecule has 0 saturated carbocycles. The van der Waals surface area contributed by atoms with Crippen molar-refractivity contribution in [3.8, 4) is 11.5 Å². The Hall–Kier alpha value is -2.89. The van der Waals surface area contributed by atoms with Crippen LogP contribution in [-0.4, -0.2) is 28.2 Å². The minimum Gasteiger partial charge on any atom is -0.493 e. The fourth-order valence-corrected chi connectivity index (χ4v) is 1.72. The van der Waals surface area contributed by atoms with Crippen LogP contribution in [0.5, 0.6) is 11.5 Å². The number of carbonyl (C=O) groups is 1. The molecule has 22 heavy (non-hydrogen) atoms. The highest BCUT2D eigenvalue weighted by atomic mass is 16.5. The van der Waals surface area contributed by atoms with Crippen molar-refractivity contribution in [2.24, 2.45) is 0 Å². The van der Waals surface area contributed by atoms with Crippen LogP contribution in [0.4, 0.5) is 0 Å². The number of carboxylic acids is 1. The fraction of sp³-hybridized carbons (Fsp3) is 0.188. The first-order valence-corrected chi connectivity index (χ1v) is 6.58. The van der Waals surface area contributed by atoms with E-state index in [1.165, 1.54) is 13.2 Å². The molecule has 114 valence electrons. The summed E-state index contributed by atoms with van der Waals surface area (Å²) in [6.45, 7) is 2.14. The van der Waals surface area contributed by atoms with E-state index in [-0.39, 0.29) is 6.61 Å². The topological polar surface area (TPSA) is 81.5 Å². The zero-order chi connectivity index (χ0) is 15.9. The smallest absolute Gasteiger partial charge is 0.328 e. The van der Waals surface area contributed by atoms with Gasteiger partial charge in [0.15, 0.2) is 11.5 Å². The molecular weight excluding hydrogens is 284 g/mol. The van der Waals surface area contributed by atoms with Crippen LogP contribution in [0.2, 0.25) is 0 Å². The summed E-state index contributed by atoms with van der Waals surface area (Å²) in [5.41, 5.74) is 2.26. The first-order valence-electron chi connectivity index (χ1n) is 6.58. The Morgan fingerprint density at radius 3 is 2.73 bits per heavy atom. The monoisotopic (exact) mass is 300 g/mol. The maximum Gasteiger partial charge on any atom is 0.328 e. The van der Waals surface area contributed by atoms with Crippen LogP contribution in [0, 0.1) is 6.92 Å². The number of carboxylic acid groups (broad SMARTS) is 1. The van der Waals surface area contributed by atoms with Gasteiger partial charge in [-0.05, 0) is 30.7 Å². The van der Waals surface area contributed by atoms with Gasteiger partial charge in [-0.1, -0.05) is 6.07 Å². The van der Waals surface area contributed by atoms with Crippen LogP contribution in [0.15, 0.2) is 36.7 Å². The van der Waals surface area contributed by atoms with Gasteiger partial charge in [0.25, 0.3) is 0 Å². The van der Waals surface area contributed by atoms with Gasteiger partial charge in [0.2, 0.25) is 0 Å². The molecule has 6 nitrogen and oxygen atoms in total. The number of aryl methyl sites for hydroxylation is 1. The SMILES string of the molecule is COc1cc(/C=C/C(=O)O)ccc1OCc1cnc(C)cn1. The number of ether oxygens (including phenoxy) is 2. The Bertz CT molecular complexity index is 681. The number of methoxy groups -OCH3 is 1. The summed E-state index contributed by atoms with van der Waals surface area (Å²) in [6, 6.07) is 5.18. The first-order chi connectivity index (χ1) is 10.6. The Morgan fingerprint density at radius 1 is 1.27 bits per heavy atom. The number of hydrogen-bond donors (Lipinski definition) is 1. The third kappa shape index (κ3) is 4.31. The second kappa shape index (κ2) is 7.21. The van der Waals surface area contributed by atoms with Crippen LogP contribution in [-0.2, 0) is 11.4 Å². The molecule has 0 amide bonds. The van der Waals surface area contributed by atoms with Crippen molar-refractivity contribution in [2.75, 3.05) is 7.11 Å². The van der Waals surface area contributed by atoms with Gasteiger partial charge in [0.05, 0.1) is 24.7 Å². The minimum absolute atomic E-state index is 0.272. The van der Waals surface area contributed by atoms with Crippen molar-refractivity contribution in [1.82, 2.24) is 9.97 Å². The molecule has 0 saturated heterocycles. The highest BCUT2D eigenvalue weighted by Crippen LogP contribution is 2.29. The summed E-state index contributed by atoms with van der Waals surface area (Å²) in [4.78, 5) is 18.9. The van der Waals surface area contributed by atoms with E-state index < -0.39 is 5.97 Å². The van der Waals surface area contributed by atoms with Crippen LogP contribution in [0.3, 0.4) is 0 Å². The molecule has 1 N–H and O–H groups in total. The van der Waals surface area contributed by atoms with Crippen LogP contribution >= 0.6 is 0 Å². The summed E-state index contributed by atoms with van der Waals surface area (Å²) in [7, 11) is 1.53. The number of benzene rings is 1. The van der Waals surface area contributed by atoms with Gasteiger partial charge in [0.1, 0.15) is 6.61 Å². The summed E-state index contributed by atoms with van der Waals surface area (Å²) in [6.07, 6.45) is 5.89. The van der Waals surface area contributed by atoms with Crippen LogP contribution in [0.1, 0.15) is 17.0 Å². The molecule has 1 aromatic carbocycles. The zero-order valence-corrected chi connectivity index (χ0v) is 12.3. The molecule has 0 aliphatic rings. The predicted molar refractivity (Wildman–Crippen MR) is 80.8 cm³/mol. The lowest BCUT2D eigenvalue weighted by Crippen LogP contribution is -2.01. The van der Waals surface area contributed by atoms with Gasteiger partial charge in [-0.25, -0.2) is 4.79 Å². The third-order valence-electron chi connectivity index (χ3n) is 2.82. The molecule has 0 unspecified atom stereocenters. The minimum atomic E-state index is -1.00. The molecule has 1 aromatic heterocycles. The molecule has 2 aromatic rings. The lowest BCUT2D eigenvalue weighted by Gasteiger charge is -2.11. The molecule has 0 atom stereocenters. The van der Waals surface area contributed by atoms with Crippen molar-refractivity contribution in [2.45, 2.75) is 13.5 Å². The number of hydrogen-bond acceptors (Lipinski definition) is 5. The van der Waals surface area contributed by atoms with Crippen molar-refractivity contribution >= 4 is 12.0 Å². The van der Waals surface area contributed by atoms with E-state index in [2.05, 4.69) is 9.97 Å². The molecule has 6 heteroatoms. The van der Waals surface area contributed by atoms with E-state index in [1.54, 1.807) is 30.6 Å². The Morgan fingerprint density at radius 2 is 2.09 bits per heavy atom. The molecule has 0 aliphatic heterocycles. The van der Waals surface area contributed by atoms with E-state index in [4.69, 9.17) is 14.6 Å². The van der Waals surface area contributed by atoms with Gasteiger partial charge >= 0.3 is 5.97 Å². The zero-order valence-electron chi connectivity index (χ0n) is 12.3. The normalized spacial score (nSPS) is 10.6. The average Bonchev–Trinajstić information content (AvgIpc) is 2.52. The van der Waals surface area contributed by atoms with Gasteiger partial charge in [-0.2, -0.15) is 0 Å². The molecule has 1 heterocycles. The maximum atomic E-state index is 10.5. The molecule has 0 bridgehead atoms. The number of rotatable bonds is 6.